The largest absolute Gasteiger partial charge is 0.396 e. The minimum atomic E-state index is 0.225. The molecule has 0 aromatic heterocycles. The third-order valence-electron chi connectivity index (χ3n) is 2.41. The van der Waals surface area contributed by atoms with E-state index in [0.29, 0.717) is 5.92 Å². The number of thioether (sulfide) groups is 1. The van der Waals surface area contributed by atoms with E-state index in [1.54, 1.807) is 11.8 Å². The summed E-state index contributed by atoms with van der Waals surface area (Å²) in [5, 5.41) is 13.0. The Morgan fingerprint density at radius 3 is 2.82 bits per heavy atom. The molecule has 0 fully saturated rings. The van der Waals surface area contributed by atoms with Crippen LogP contribution in [0.25, 0.3) is 0 Å². The molecule has 0 radical (unpaired) electrons. The average molecular weight is 274 g/mol. The van der Waals surface area contributed by atoms with Crippen LogP contribution in [0.3, 0.4) is 0 Å². The SMILES string of the molecule is CCNCc1ccc(SCC(C)CO)c(Cl)c1. The third-order valence-corrected chi connectivity index (χ3v) is 4.24. The number of aliphatic hydroxyl groups is 1. The first kappa shape index (κ1) is 14.8. The van der Waals surface area contributed by atoms with Crippen LogP contribution < -0.4 is 5.32 Å². The molecule has 4 heteroatoms. The van der Waals surface area contributed by atoms with Crippen molar-refractivity contribution in [1.29, 1.82) is 0 Å². The molecule has 1 aromatic rings. The van der Waals surface area contributed by atoms with Crippen molar-refractivity contribution in [2.24, 2.45) is 5.92 Å². The number of rotatable bonds is 7. The number of nitrogens with one attached hydrogen (secondary N) is 1. The van der Waals surface area contributed by atoms with Gasteiger partial charge in [-0.3, -0.25) is 0 Å². The van der Waals surface area contributed by atoms with Gasteiger partial charge in [-0.1, -0.05) is 31.5 Å². The molecule has 2 nitrogen and oxygen atoms in total. The van der Waals surface area contributed by atoms with E-state index in [4.69, 9.17) is 16.7 Å². The molecule has 0 bridgehead atoms. The van der Waals surface area contributed by atoms with Crippen molar-refractivity contribution in [2.45, 2.75) is 25.3 Å². The van der Waals surface area contributed by atoms with Gasteiger partial charge in [-0.15, -0.1) is 11.8 Å². The maximum absolute atomic E-state index is 8.97. The molecule has 0 aliphatic rings. The number of benzene rings is 1. The van der Waals surface area contributed by atoms with E-state index in [9.17, 15) is 0 Å². The zero-order valence-electron chi connectivity index (χ0n) is 10.4. The van der Waals surface area contributed by atoms with E-state index in [2.05, 4.69) is 24.4 Å². The lowest BCUT2D eigenvalue weighted by Crippen LogP contribution is -2.11. The fraction of sp³-hybridized carbons (Fsp3) is 0.538. The van der Waals surface area contributed by atoms with Gasteiger partial charge in [-0.25, -0.2) is 0 Å². The minimum Gasteiger partial charge on any atom is -0.396 e. The fourth-order valence-corrected chi connectivity index (χ4v) is 2.62. The Hall–Kier alpha value is -0.220. The summed E-state index contributed by atoms with van der Waals surface area (Å²) in [6.07, 6.45) is 0. The van der Waals surface area contributed by atoms with Gasteiger partial charge in [0.05, 0.1) is 5.02 Å². The Balaban J connectivity index is 2.56. The van der Waals surface area contributed by atoms with Crippen LogP contribution in [-0.4, -0.2) is 24.0 Å². The summed E-state index contributed by atoms with van der Waals surface area (Å²) < 4.78 is 0. The Morgan fingerprint density at radius 2 is 2.24 bits per heavy atom. The van der Waals surface area contributed by atoms with E-state index in [0.717, 1.165) is 28.8 Å². The molecule has 1 rings (SSSR count). The van der Waals surface area contributed by atoms with Crippen LogP contribution >= 0.6 is 23.4 Å². The summed E-state index contributed by atoms with van der Waals surface area (Å²) in [6, 6.07) is 6.17. The topological polar surface area (TPSA) is 32.3 Å². The molecule has 1 aromatic carbocycles. The first-order valence-electron chi connectivity index (χ1n) is 5.90. The quantitative estimate of drug-likeness (QED) is 0.749. The standard InChI is InChI=1S/C13H20ClNOS/c1-3-15-7-11-4-5-13(12(14)6-11)17-9-10(2)8-16/h4-6,10,15-16H,3,7-9H2,1-2H3. The van der Waals surface area contributed by atoms with Crippen LogP contribution in [0.1, 0.15) is 19.4 Å². The Labute approximate surface area is 113 Å². The monoisotopic (exact) mass is 273 g/mol. The highest BCUT2D eigenvalue weighted by Gasteiger charge is 2.05. The van der Waals surface area contributed by atoms with E-state index >= 15 is 0 Å². The highest BCUT2D eigenvalue weighted by molar-refractivity contribution is 7.99. The van der Waals surface area contributed by atoms with E-state index in [1.807, 2.05) is 13.0 Å². The average Bonchev–Trinajstić information content (AvgIpc) is 2.34. The molecule has 96 valence electrons. The van der Waals surface area contributed by atoms with Crippen molar-refractivity contribution < 1.29 is 5.11 Å². The Kier molecular flexibility index (Phi) is 6.97. The van der Waals surface area contributed by atoms with Crippen molar-refractivity contribution in [1.82, 2.24) is 5.32 Å². The molecule has 0 amide bonds. The number of hydrogen-bond acceptors (Lipinski definition) is 3. The molecule has 1 atom stereocenters. The van der Waals surface area contributed by atoms with Crippen molar-refractivity contribution in [3.05, 3.63) is 28.8 Å². The van der Waals surface area contributed by atoms with Gasteiger partial charge in [0.2, 0.25) is 0 Å². The van der Waals surface area contributed by atoms with Crippen LogP contribution in [0.2, 0.25) is 5.02 Å². The van der Waals surface area contributed by atoms with Gasteiger partial charge in [0.1, 0.15) is 0 Å². The van der Waals surface area contributed by atoms with Crippen LogP contribution in [0, 0.1) is 5.92 Å². The smallest absolute Gasteiger partial charge is 0.0545 e. The Morgan fingerprint density at radius 1 is 1.47 bits per heavy atom. The van der Waals surface area contributed by atoms with Gasteiger partial charge in [0, 0.05) is 23.8 Å². The van der Waals surface area contributed by atoms with Gasteiger partial charge in [-0.2, -0.15) is 0 Å². The van der Waals surface area contributed by atoms with Crippen molar-refractivity contribution in [2.75, 3.05) is 18.9 Å². The van der Waals surface area contributed by atoms with Crippen molar-refractivity contribution in [3.8, 4) is 0 Å². The molecule has 0 saturated carbocycles. The molecule has 2 N–H and O–H groups in total. The fourth-order valence-electron chi connectivity index (χ4n) is 1.33. The summed E-state index contributed by atoms with van der Waals surface area (Å²) in [5.41, 5.74) is 1.21. The molecule has 0 aliphatic carbocycles. The highest BCUT2D eigenvalue weighted by Crippen LogP contribution is 2.29. The van der Waals surface area contributed by atoms with Crippen molar-refractivity contribution in [3.63, 3.8) is 0 Å². The molecule has 1 unspecified atom stereocenters. The Bertz CT molecular complexity index is 346. The zero-order valence-corrected chi connectivity index (χ0v) is 11.9. The van der Waals surface area contributed by atoms with E-state index < -0.39 is 0 Å². The normalized spacial score (nSPS) is 12.7. The van der Waals surface area contributed by atoms with Crippen LogP contribution in [-0.2, 0) is 6.54 Å². The lowest BCUT2D eigenvalue weighted by molar-refractivity contribution is 0.250. The summed E-state index contributed by atoms with van der Waals surface area (Å²) in [7, 11) is 0. The molecular formula is C13H20ClNOS. The van der Waals surface area contributed by atoms with Gasteiger partial charge >= 0.3 is 0 Å². The summed E-state index contributed by atoms with van der Waals surface area (Å²) in [6.45, 7) is 6.15. The predicted octanol–water partition coefficient (Wildman–Crippen LogP) is 3.17. The van der Waals surface area contributed by atoms with Gasteiger partial charge in [0.15, 0.2) is 0 Å². The second kappa shape index (κ2) is 7.98. The molecule has 0 saturated heterocycles. The summed E-state index contributed by atoms with van der Waals surface area (Å²) >= 11 is 7.92. The van der Waals surface area contributed by atoms with Crippen molar-refractivity contribution >= 4 is 23.4 Å². The number of halogens is 1. The third kappa shape index (κ3) is 5.30. The molecule has 17 heavy (non-hydrogen) atoms. The first-order chi connectivity index (χ1) is 8.17. The summed E-state index contributed by atoms with van der Waals surface area (Å²) in [4.78, 5) is 1.09. The minimum absolute atomic E-state index is 0.225. The zero-order chi connectivity index (χ0) is 12.7. The lowest BCUT2D eigenvalue weighted by atomic mass is 10.2. The highest BCUT2D eigenvalue weighted by atomic mass is 35.5. The maximum atomic E-state index is 8.97. The molecule has 0 aliphatic heterocycles. The maximum Gasteiger partial charge on any atom is 0.0545 e. The van der Waals surface area contributed by atoms with Crippen LogP contribution in [0.5, 0.6) is 0 Å². The lowest BCUT2D eigenvalue weighted by Gasteiger charge is -2.10. The first-order valence-corrected chi connectivity index (χ1v) is 7.26. The van der Waals surface area contributed by atoms with E-state index in [-0.39, 0.29) is 6.61 Å². The van der Waals surface area contributed by atoms with Gasteiger partial charge < -0.3 is 10.4 Å². The second-order valence-corrected chi connectivity index (χ2v) is 5.61. The van der Waals surface area contributed by atoms with Gasteiger partial charge in [-0.05, 0) is 30.2 Å². The predicted molar refractivity (Wildman–Crippen MR) is 75.8 cm³/mol. The van der Waals surface area contributed by atoms with Crippen LogP contribution in [0.15, 0.2) is 23.1 Å². The second-order valence-electron chi connectivity index (χ2n) is 4.14. The summed E-state index contributed by atoms with van der Waals surface area (Å²) in [5.74, 6) is 1.19. The number of aliphatic hydroxyl groups excluding tert-OH is 1. The molecule has 0 spiro atoms. The van der Waals surface area contributed by atoms with Crippen LogP contribution in [0.4, 0.5) is 0 Å². The molecular weight excluding hydrogens is 254 g/mol. The van der Waals surface area contributed by atoms with Gasteiger partial charge in [0.25, 0.3) is 0 Å². The molecule has 0 heterocycles. The number of hydrogen-bond donors (Lipinski definition) is 2. The van der Waals surface area contributed by atoms with E-state index in [1.165, 1.54) is 5.56 Å².